The molecule has 1 aliphatic heterocycles. The average molecular weight is 440 g/mol. The molecule has 0 spiro atoms. The summed E-state index contributed by atoms with van der Waals surface area (Å²) in [6, 6.07) is 6.84. The molecule has 1 aromatic heterocycles. The topological polar surface area (TPSA) is 66.5 Å². The van der Waals surface area contributed by atoms with E-state index in [1.165, 1.54) is 16.4 Å². The molecule has 5 nitrogen and oxygen atoms in total. The Kier molecular flexibility index (Phi) is 5.63. The summed E-state index contributed by atoms with van der Waals surface area (Å²) in [6.07, 6.45) is 1.05. The van der Waals surface area contributed by atoms with Crippen LogP contribution in [0.5, 0.6) is 0 Å². The summed E-state index contributed by atoms with van der Waals surface area (Å²) in [5, 5.41) is 3.45. The highest BCUT2D eigenvalue weighted by Gasteiger charge is 2.40. The first-order chi connectivity index (χ1) is 11.8. The number of benzene rings is 1. The van der Waals surface area contributed by atoms with Crippen molar-refractivity contribution in [2.24, 2.45) is 0 Å². The van der Waals surface area contributed by atoms with Gasteiger partial charge in [0.05, 0.1) is 4.34 Å². The lowest BCUT2D eigenvalue weighted by Crippen LogP contribution is -2.42. The molecule has 134 valence electrons. The van der Waals surface area contributed by atoms with Gasteiger partial charge < -0.3 is 5.32 Å². The van der Waals surface area contributed by atoms with Gasteiger partial charge in [0.25, 0.3) is 10.0 Å². The molecule has 0 bridgehead atoms. The lowest BCUT2D eigenvalue weighted by Gasteiger charge is -2.22. The second-order valence-corrected chi connectivity index (χ2v) is 10.2. The molecule has 1 aromatic carbocycles. The van der Waals surface area contributed by atoms with E-state index >= 15 is 0 Å². The van der Waals surface area contributed by atoms with Crippen LogP contribution in [0.1, 0.15) is 12.8 Å². The monoisotopic (exact) mass is 438 g/mol. The van der Waals surface area contributed by atoms with E-state index in [0.29, 0.717) is 32.9 Å². The highest BCUT2D eigenvalue weighted by atomic mass is 35.5. The molecule has 0 saturated carbocycles. The van der Waals surface area contributed by atoms with E-state index in [1.54, 1.807) is 18.2 Å². The molecule has 2 aromatic rings. The van der Waals surface area contributed by atoms with Crippen LogP contribution in [0.25, 0.3) is 0 Å². The SMILES string of the molecule is O=C(Nc1cc(Cl)cc(Cl)c1)[C@H]1CCCN1S(=O)(=O)c1ccc(Cl)s1. The zero-order chi connectivity index (χ0) is 18.2. The fraction of sp³-hybridized carbons (Fsp3) is 0.267. The summed E-state index contributed by atoms with van der Waals surface area (Å²) in [5.41, 5.74) is 0.422. The number of sulfonamides is 1. The molecule has 1 amide bonds. The summed E-state index contributed by atoms with van der Waals surface area (Å²) in [5.74, 6) is -0.415. The highest BCUT2D eigenvalue weighted by Crippen LogP contribution is 2.32. The zero-order valence-corrected chi connectivity index (χ0v) is 16.6. The smallest absolute Gasteiger partial charge is 0.253 e. The van der Waals surface area contributed by atoms with Gasteiger partial charge in [0.15, 0.2) is 0 Å². The summed E-state index contributed by atoms with van der Waals surface area (Å²) in [4.78, 5) is 12.6. The van der Waals surface area contributed by atoms with E-state index in [2.05, 4.69) is 5.32 Å². The molecule has 1 fully saturated rings. The molecule has 10 heteroatoms. The Morgan fingerprint density at radius 3 is 2.44 bits per heavy atom. The molecule has 2 heterocycles. The molecule has 25 heavy (non-hydrogen) atoms. The van der Waals surface area contributed by atoms with Gasteiger partial charge in [0.2, 0.25) is 5.91 Å². The molecule has 1 N–H and O–H groups in total. The number of thiophene rings is 1. The quantitative estimate of drug-likeness (QED) is 0.762. The number of nitrogens with one attached hydrogen (secondary N) is 1. The molecule has 0 aliphatic carbocycles. The molecule has 1 saturated heterocycles. The van der Waals surface area contributed by atoms with Gasteiger partial charge in [-0.3, -0.25) is 4.79 Å². The Morgan fingerprint density at radius 1 is 1.16 bits per heavy atom. The van der Waals surface area contributed by atoms with Crippen molar-refractivity contribution in [1.29, 1.82) is 0 Å². The van der Waals surface area contributed by atoms with Gasteiger partial charge in [0.1, 0.15) is 10.3 Å². The van der Waals surface area contributed by atoms with Crippen molar-refractivity contribution >= 4 is 67.8 Å². The first-order valence-corrected chi connectivity index (χ1v) is 10.7. The lowest BCUT2D eigenvalue weighted by molar-refractivity contribution is -0.119. The first kappa shape index (κ1) is 18.9. The minimum Gasteiger partial charge on any atom is -0.325 e. The van der Waals surface area contributed by atoms with Gasteiger partial charge in [-0.1, -0.05) is 34.8 Å². The lowest BCUT2D eigenvalue weighted by atomic mass is 10.2. The van der Waals surface area contributed by atoms with Crippen LogP contribution in [0.4, 0.5) is 5.69 Å². The van der Waals surface area contributed by atoms with Crippen molar-refractivity contribution in [3.8, 4) is 0 Å². The fourth-order valence-electron chi connectivity index (χ4n) is 2.69. The number of carbonyl (C=O) groups is 1. The second kappa shape index (κ2) is 7.42. The van der Waals surface area contributed by atoms with Gasteiger partial charge >= 0.3 is 0 Å². The maximum Gasteiger partial charge on any atom is 0.253 e. The summed E-state index contributed by atoms with van der Waals surface area (Å²) < 4.78 is 27.3. The Bertz CT molecular complexity index is 894. The van der Waals surface area contributed by atoms with Gasteiger partial charge in [-0.25, -0.2) is 8.42 Å². The van der Waals surface area contributed by atoms with Gasteiger partial charge in [-0.2, -0.15) is 4.31 Å². The molecule has 3 rings (SSSR count). The predicted octanol–water partition coefficient (Wildman–Crippen LogP) is 4.50. The van der Waals surface area contributed by atoms with Crippen LogP contribution in [0.3, 0.4) is 0 Å². The van der Waals surface area contributed by atoms with Gasteiger partial charge in [-0.15, -0.1) is 11.3 Å². The molecule has 0 radical (unpaired) electrons. The summed E-state index contributed by atoms with van der Waals surface area (Å²) in [7, 11) is -3.77. The minimum absolute atomic E-state index is 0.128. The third-order valence-electron chi connectivity index (χ3n) is 3.75. The maximum atomic E-state index is 12.8. The zero-order valence-electron chi connectivity index (χ0n) is 12.7. The number of hydrogen-bond donors (Lipinski definition) is 1. The fourth-order valence-corrected chi connectivity index (χ4v) is 6.49. The number of carbonyl (C=O) groups excluding carboxylic acids is 1. The van der Waals surface area contributed by atoms with Crippen molar-refractivity contribution in [2.75, 3.05) is 11.9 Å². The van der Waals surface area contributed by atoms with Crippen LogP contribution in [0, 0.1) is 0 Å². The molecular weight excluding hydrogens is 427 g/mol. The Balaban J connectivity index is 1.82. The number of anilines is 1. The van der Waals surface area contributed by atoms with Gasteiger partial charge in [0, 0.05) is 22.3 Å². The summed E-state index contributed by atoms with van der Waals surface area (Å²) in [6.45, 7) is 0.284. The number of rotatable bonds is 4. The predicted molar refractivity (Wildman–Crippen MR) is 101 cm³/mol. The van der Waals surface area contributed by atoms with E-state index in [4.69, 9.17) is 34.8 Å². The normalized spacial score (nSPS) is 18.4. The third kappa shape index (κ3) is 4.13. The molecular formula is C15H13Cl3N2O3S2. The van der Waals surface area contributed by atoms with Crippen LogP contribution in [-0.4, -0.2) is 31.2 Å². The van der Waals surface area contributed by atoms with Crippen molar-refractivity contribution in [3.63, 3.8) is 0 Å². The van der Waals surface area contributed by atoms with E-state index in [9.17, 15) is 13.2 Å². The van der Waals surface area contributed by atoms with Crippen LogP contribution >= 0.6 is 46.1 Å². The number of hydrogen-bond acceptors (Lipinski definition) is 4. The van der Waals surface area contributed by atoms with E-state index in [1.807, 2.05) is 0 Å². The molecule has 0 unspecified atom stereocenters. The van der Waals surface area contributed by atoms with E-state index in [-0.39, 0.29) is 10.8 Å². The van der Waals surface area contributed by atoms with Crippen LogP contribution < -0.4 is 5.32 Å². The molecule has 1 aliphatic rings. The summed E-state index contributed by atoms with van der Waals surface area (Å²) >= 11 is 18.7. The Morgan fingerprint density at radius 2 is 1.84 bits per heavy atom. The van der Waals surface area contributed by atoms with Crippen molar-refractivity contribution < 1.29 is 13.2 Å². The van der Waals surface area contributed by atoms with E-state index < -0.39 is 22.0 Å². The largest absolute Gasteiger partial charge is 0.325 e. The number of halogens is 3. The van der Waals surface area contributed by atoms with Gasteiger partial charge in [-0.05, 0) is 43.2 Å². The average Bonchev–Trinajstić information content (AvgIpc) is 3.15. The Hall–Kier alpha value is -0.830. The van der Waals surface area contributed by atoms with Crippen LogP contribution in [0.2, 0.25) is 14.4 Å². The second-order valence-electron chi connectivity index (χ2n) is 5.48. The van der Waals surface area contributed by atoms with Crippen molar-refractivity contribution in [1.82, 2.24) is 4.31 Å². The number of nitrogens with zero attached hydrogens (tertiary/aromatic N) is 1. The van der Waals surface area contributed by atoms with Crippen LogP contribution in [-0.2, 0) is 14.8 Å². The standard InChI is InChI=1S/C15H13Cl3N2O3S2/c16-9-6-10(17)8-11(7-9)19-15(21)12-2-1-5-20(12)25(22,23)14-4-3-13(18)24-14/h3-4,6-8,12H,1-2,5H2,(H,19,21)/t12-/m1/s1. The highest BCUT2D eigenvalue weighted by molar-refractivity contribution is 7.91. The number of amides is 1. The third-order valence-corrected chi connectivity index (χ3v) is 7.79. The van der Waals surface area contributed by atoms with Crippen LogP contribution in [0.15, 0.2) is 34.5 Å². The van der Waals surface area contributed by atoms with Crippen molar-refractivity contribution in [2.45, 2.75) is 23.1 Å². The van der Waals surface area contributed by atoms with E-state index in [0.717, 1.165) is 11.3 Å². The van der Waals surface area contributed by atoms with Crippen molar-refractivity contribution in [3.05, 3.63) is 44.7 Å². The molecule has 1 atom stereocenters. The Labute approximate surface area is 164 Å². The first-order valence-electron chi connectivity index (χ1n) is 7.31. The maximum absolute atomic E-state index is 12.8. The minimum atomic E-state index is -3.77.